The van der Waals surface area contributed by atoms with Crippen molar-refractivity contribution in [3.63, 3.8) is 0 Å². The highest BCUT2D eigenvalue weighted by Gasteiger charge is 2.22. The first kappa shape index (κ1) is 19.2. The van der Waals surface area contributed by atoms with Crippen molar-refractivity contribution >= 4 is 17.5 Å². The average molecular weight is 390 g/mol. The molecule has 0 bridgehead atoms. The van der Waals surface area contributed by atoms with Crippen molar-refractivity contribution in [3.05, 3.63) is 72.1 Å². The zero-order chi connectivity index (χ0) is 20.2. The molecule has 4 rings (SSSR count). The summed E-state index contributed by atoms with van der Waals surface area (Å²) in [5.74, 6) is 0.989. The Hall–Kier alpha value is -3.12. The predicted molar refractivity (Wildman–Crippen MR) is 117 cm³/mol. The number of aryl methyl sites for hydroxylation is 2. The molecule has 0 spiro atoms. The molecule has 0 aliphatic carbocycles. The fourth-order valence-corrected chi connectivity index (χ4v) is 3.67. The molecule has 1 saturated heterocycles. The summed E-state index contributed by atoms with van der Waals surface area (Å²) in [5, 5.41) is 2.99. The third kappa shape index (κ3) is 4.66. The SMILES string of the molecule is Cc1ccc(-n2ccnc2N2CCN(CC(=O)Nc3cccc(C)c3)CC2)cc1. The lowest BCUT2D eigenvalue weighted by Crippen LogP contribution is -2.49. The zero-order valence-corrected chi connectivity index (χ0v) is 17.0. The maximum atomic E-state index is 12.4. The van der Waals surface area contributed by atoms with Crippen molar-refractivity contribution in [2.24, 2.45) is 0 Å². The minimum Gasteiger partial charge on any atom is -0.339 e. The van der Waals surface area contributed by atoms with Gasteiger partial charge in [0.05, 0.1) is 6.54 Å². The van der Waals surface area contributed by atoms with E-state index in [2.05, 4.69) is 55.9 Å². The Morgan fingerprint density at radius 3 is 2.48 bits per heavy atom. The van der Waals surface area contributed by atoms with Crippen LogP contribution in [0.4, 0.5) is 11.6 Å². The highest BCUT2D eigenvalue weighted by Crippen LogP contribution is 2.20. The summed E-state index contributed by atoms with van der Waals surface area (Å²) in [7, 11) is 0. The van der Waals surface area contributed by atoms with E-state index in [1.54, 1.807) is 0 Å². The first-order valence-electron chi connectivity index (χ1n) is 10.0. The standard InChI is InChI=1S/C23H27N5O/c1-18-6-8-21(9-7-18)28-11-10-24-23(28)27-14-12-26(13-15-27)17-22(29)25-20-5-3-4-19(2)16-20/h3-11,16H,12-15,17H2,1-2H3,(H,25,29). The molecule has 6 nitrogen and oxygen atoms in total. The summed E-state index contributed by atoms with van der Waals surface area (Å²) in [6, 6.07) is 16.4. The first-order valence-corrected chi connectivity index (χ1v) is 10.0. The largest absolute Gasteiger partial charge is 0.339 e. The van der Waals surface area contributed by atoms with Crippen LogP contribution in [0.2, 0.25) is 0 Å². The van der Waals surface area contributed by atoms with Crippen LogP contribution in [-0.2, 0) is 4.79 Å². The number of amides is 1. The molecule has 1 amide bonds. The molecular weight excluding hydrogens is 362 g/mol. The number of anilines is 2. The van der Waals surface area contributed by atoms with Crippen LogP contribution in [0, 0.1) is 13.8 Å². The Morgan fingerprint density at radius 2 is 1.76 bits per heavy atom. The summed E-state index contributed by atoms with van der Waals surface area (Å²) in [6.07, 6.45) is 3.85. The summed E-state index contributed by atoms with van der Waals surface area (Å²) < 4.78 is 2.12. The number of nitrogens with zero attached hydrogens (tertiary/aromatic N) is 4. The van der Waals surface area contributed by atoms with Gasteiger partial charge in [0, 0.05) is 49.9 Å². The van der Waals surface area contributed by atoms with Crippen LogP contribution in [0.5, 0.6) is 0 Å². The molecule has 0 saturated carbocycles. The van der Waals surface area contributed by atoms with Gasteiger partial charge in [-0.3, -0.25) is 14.3 Å². The third-order valence-corrected chi connectivity index (χ3v) is 5.26. The zero-order valence-electron chi connectivity index (χ0n) is 17.0. The van der Waals surface area contributed by atoms with Crippen LogP contribution in [0.3, 0.4) is 0 Å². The first-order chi connectivity index (χ1) is 14.1. The van der Waals surface area contributed by atoms with Gasteiger partial charge in [0.1, 0.15) is 0 Å². The highest BCUT2D eigenvalue weighted by molar-refractivity contribution is 5.92. The smallest absolute Gasteiger partial charge is 0.238 e. The van der Waals surface area contributed by atoms with Crippen molar-refractivity contribution in [1.82, 2.24) is 14.5 Å². The molecule has 0 atom stereocenters. The lowest BCUT2D eigenvalue weighted by atomic mass is 10.2. The molecule has 29 heavy (non-hydrogen) atoms. The van der Waals surface area contributed by atoms with Gasteiger partial charge in [-0.1, -0.05) is 29.8 Å². The molecule has 1 aromatic heterocycles. The van der Waals surface area contributed by atoms with Crippen LogP contribution in [0.25, 0.3) is 5.69 Å². The van der Waals surface area contributed by atoms with Crippen molar-refractivity contribution in [2.75, 3.05) is 42.9 Å². The van der Waals surface area contributed by atoms with Gasteiger partial charge in [-0.2, -0.15) is 0 Å². The molecule has 1 aliphatic heterocycles. The van der Waals surface area contributed by atoms with Crippen LogP contribution < -0.4 is 10.2 Å². The monoisotopic (exact) mass is 389 g/mol. The Bertz CT molecular complexity index is 971. The lowest BCUT2D eigenvalue weighted by Gasteiger charge is -2.35. The second kappa shape index (κ2) is 8.49. The van der Waals surface area contributed by atoms with Crippen LogP contribution in [0.1, 0.15) is 11.1 Å². The van der Waals surface area contributed by atoms with Crippen molar-refractivity contribution in [3.8, 4) is 5.69 Å². The number of benzene rings is 2. The lowest BCUT2D eigenvalue weighted by molar-refractivity contribution is -0.117. The van der Waals surface area contributed by atoms with Gasteiger partial charge in [-0.25, -0.2) is 4.98 Å². The number of piperazine rings is 1. The number of hydrogen-bond acceptors (Lipinski definition) is 4. The van der Waals surface area contributed by atoms with Crippen molar-refractivity contribution in [2.45, 2.75) is 13.8 Å². The molecule has 2 aromatic carbocycles. The van der Waals surface area contributed by atoms with Crippen molar-refractivity contribution in [1.29, 1.82) is 0 Å². The van der Waals surface area contributed by atoms with Gasteiger partial charge in [0.25, 0.3) is 0 Å². The summed E-state index contributed by atoms with van der Waals surface area (Å²) in [4.78, 5) is 21.4. The minimum atomic E-state index is 0.0326. The van der Waals surface area contributed by atoms with Gasteiger partial charge in [0.15, 0.2) is 0 Å². The number of hydrogen-bond donors (Lipinski definition) is 1. The number of carbonyl (C=O) groups excluding carboxylic acids is 1. The van der Waals surface area contributed by atoms with Gasteiger partial charge < -0.3 is 10.2 Å². The topological polar surface area (TPSA) is 53.4 Å². The fourth-order valence-electron chi connectivity index (χ4n) is 3.67. The molecule has 2 heterocycles. The maximum absolute atomic E-state index is 12.4. The Kier molecular flexibility index (Phi) is 5.62. The number of imidazole rings is 1. The Morgan fingerprint density at radius 1 is 1.00 bits per heavy atom. The second-order valence-corrected chi connectivity index (χ2v) is 7.61. The maximum Gasteiger partial charge on any atom is 0.238 e. The van der Waals surface area contributed by atoms with E-state index >= 15 is 0 Å². The van der Waals surface area contributed by atoms with Crippen LogP contribution in [-0.4, -0.2) is 53.1 Å². The number of carbonyl (C=O) groups is 1. The number of rotatable bonds is 5. The van der Waals surface area contributed by atoms with Crippen LogP contribution >= 0.6 is 0 Å². The molecule has 1 N–H and O–H groups in total. The van der Waals surface area contributed by atoms with E-state index in [0.29, 0.717) is 6.54 Å². The van der Waals surface area contributed by atoms with Gasteiger partial charge in [-0.05, 0) is 43.7 Å². The normalized spacial score (nSPS) is 14.8. The molecule has 1 fully saturated rings. The molecule has 1 aliphatic rings. The quantitative estimate of drug-likeness (QED) is 0.728. The highest BCUT2D eigenvalue weighted by atomic mass is 16.2. The molecule has 6 heteroatoms. The van der Waals surface area contributed by atoms with E-state index in [9.17, 15) is 4.79 Å². The molecule has 0 radical (unpaired) electrons. The Balaban J connectivity index is 1.34. The van der Waals surface area contributed by atoms with E-state index in [1.165, 1.54) is 5.56 Å². The van der Waals surface area contributed by atoms with E-state index in [0.717, 1.165) is 49.1 Å². The van der Waals surface area contributed by atoms with E-state index < -0.39 is 0 Å². The summed E-state index contributed by atoms with van der Waals surface area (Å²) >= 11 is 0. The molecule has 150 valence electrons. The summed E-state index contributed by atoms with van der Waals surface area (Å²) in [6.45, 7) is 7.89. The van der Waals surface area contributed by atoms with E-state index in [-0.39, 0.29) is 5.91 Å². The summed E-state index contributed by atoms with van der Waals surface area (Å²) in [5.41, 5.74) is 4.35. The number of nitrogens with one attached hydrogen (secondary N) is 1. The second-order valence-electron chi connectivity index (χ2n) is 7.61. The minimum absolute atomic E-state index is 0.0326. The molecule has 0 unspecified atom stereocenters. The number of aromatic nitrogens is 2. The van der Waals surface area contributed by atoms with E-state index in [4.69, 9.17) is 0 Å². The fraction of sp³-hybridized carbons (Fsp3) is 0.304. The van der Waals surface area contributed by atoms with E-state index in [1.807, 2.05) is 43.6 Å². The van der Waals surface area contributed by atoms with Gasteiger partial charge in [-0.15, -0.1) is 0 Å². The Labute approximate surface area is 171 Å². The van der Waals surface area contributed by atoms with Crippen molar-refractivity contribution < 1.29 is 4.79 Å². The molecular formula is C23H27N5O. The average Bonchev–Trinajstić information content (AvgIpc) is 3.19. The van der Waals surface area contributed by atoms with Crippen LogP contribution in [0.15, 0.2) is 60.9 Å². The van der Waals surface area contributed by atoms with Gasteiger partial charge >= 0.3 is 0 Å². The predicted octanol–water partition coefficient (Wildman–Crippen LogP) is 3.25. The third-order valence-electron chi connectivity index (χ3n) is 5.26. The molecule has 3 aromatic rings. The van der Waals surface area contributed by atoms with Gasteiger partial charge in [0.2, 0.25) is 11.9 Å².